The second kappa shape index (κ2) is 54.0. The first kappa shape index (κ1) is 62.3. The molecule has 0 radical (unpaired) electrons. The Morgan fingerprint density at radius 3 is 1.11 bits per heavy atom. The molecule has 0 heterocycles. The SMILES string of the molecule is CCCCCCCCCCCCCCCCCCCCC/C=C/C(O)C(CO)NC(=O)CCCCCCC/C=C\CCCCCOC(=O)CCCCCCCCCCCCCCCC. The van der Waals surface area contributed by atoms with E-state index >= 15 is 0 Å². The highest BCUT2D eigenvalue weighted by molar-refractivity contribution is 5.76. The van der Waals surface area contributed by atoms with E-state index in [1.165, 1.54) is 205 Å². The molecule has 3 N–H and O–H groups in total. The number of amides is 1. The highest BCUT2D eigenvalue weighted by Crippen LogP contribution is 2.17. The van der Waals surface area contributed by atoms with Crippen LogP contribution in [0.3, 0.4) is 0 Å². The van der Waals surface area contributed by atoms with Crippen LogP contribution in [-0.2, 0) is 14.3 Å². The number of hydrogen-bond donors (Lipinski definition) is 3. The van der Waals surface area contributed by atoms with Gasteiger partial charge in [-0.25, -0.2) is 0 Å². The Kier molecular flexibility index (Phi) is 52.6. The van der Waals surface area contributed by atoms with Crippen LogP contribution in [0.2, 0.25) is 0 Å². The average Bonchev–Trinajstić information content (AvgIpc) is 3.29. The molecule has 0 aromatic rings. The molecule has 0 aliphatic rings. The lowest BCUT2D eigenvalue weighted by Crippen LogP contribution is -2.45. The van der Waals surface area contributed by atoms with E-state index in [1.807, 2.05) is 6.08 Å². The van der Waals surface area contributed by atoms with E-state index in [-0.39, 0.29) is 18.5 Å². The lowest BCUT2D eigenvalue weighted by molar-refractivity contribution is -0.143. The third-order valence-corrected chi connectivity index (χ3v) is 13.2. The highest BCUT2D eigenvalue weighted by Gasteiger charge is 2.18. The molecule has 0 aliphatic carbocycles. The minimum atomic E-state index is -0.861. The first-order valence-corrected chi connectivity index (χ1v) is 28.6. The summed E-state index contributed by atoms with van der Waals surface area (Å²) in [5.41, 5.74) is 0. The normalized spacial score (nSPS) is 12.8. The van der Waals surface area contributed by atoms with Crippen LogP contribution in [0, 0.1) is 0 Å². The largest absolute Gasteiger partial charge is 0.466 e. The van der Waals surface area contributed by atoms with Crippen LogP contribution in [0.5, 0.6) is 0 Å². The maximum Gasteiger partial charge on any atom is 0.305 e. The van der Waals surface area contributed by atoms with Gasteiger partial charge in [0.1, 0.15) is 0 Å². The Morgan fingerprint density at radius 1 is 0.422 bits per heavy atom. The molecule has 0 fully saturated rings. The van der Waals surface area contributed by atoms with Gasteiger partial charge >= 0.3 is 5.97 Å². The lowest BCUT2D eigenvalue weighted by Gasteiger charge is -2.20. The summed E-state index contributed by atoms with van der Waals surface area (Å²) in [6, 6.07) is -0.647. The molecule has 0 rings (SSSR count). The molecule has 64 heavy (non-hydrogen) atoms. The number of rotatable bonds is 53. The zero-order valence-corrected chi connectivity index (χ0v) is 43.0. The fourth-order valence-electron chi connectivity index (χ4n) is 8.81. The molecule has 6 nitrogen and oxygen atoms in total. The first-order chi connectivity index (χ1) is 31.5. The summed E-state index contributed by atoms with van der Waals surface area (Å²) in [7, 11) is 0. The molecule has 1 amide bonds. The van der Waals surface area contributed by atoms with E-state index < -0.39 is 12.1 Å². The summed E-state index contributed by atoms with van der Waals surface area (Å²) >= 11 is 0. The monoisotopic (exact) mass is 902 g/mol. The number of hydrogen-bond acceptors (Lipinski definition) is 5. The van der Waals surface area contributed by atoms with Crippen molar-refractivity contribution in [2.75, 3.05) is 13.2 Å². The molecule has 0 aromatic heterocycles. The van der Waals surface area contributed by atoms with Crippen molar-refractivity contribution < 1.29 is 24.5 Å². The molecule has 0 saturated carbocycles. The number of carbonyl (C=O) groups excluding carboxylic acids is 2. The summed E-state index contributed by atoms with van der Waals surface area (Å²) in [6.45, 7) is 4.86. The molecule has 0 aromatic carbocycles. The Labute approximate surface area is 399 Å². The van der Waals surface area contributed by atoms with Crippen molar-refractivity contribution in [3.63, 3.8) is 0 Å². The van der Waals surface area contributed by atoms with Gasteiger partial charge in [-0.05, 0) is 64.2 Å². The number of aliphatic hydroxyl groups is 2. The van der Waals surface area contributed by atoms with Crippen LogP contribution in [0.4, 0.5) is 0 Å². The van der Waals surface area contributed by atoms with E-state index in [0.717, 1.165) is 77.0 Å². The van der Waals surface area contributed by atoms with Crippen LogP contribution in [0.25, 0.3) is 0 Å². The molecule has 0 spiro atoms. The molecular weight excluding hydrogens is 791 g/mol. The van der Waals surface area contributed by atoms with E-state index in [1.54, 1.807) is 6.08 Å². The molecule has 2 atom stereocenters. The van der Waals surface area contributed by atoms with Crippen molar-refractivity contribution in [3.8, 4) is 0 Å². The molecule has 0 bridgehead atoms. The number of aliphatic hydroxyl groups excluding tert-OH is 2. The van der Waals surface area contributed by atoms with Crippen LogP contribution in [-0.4, -0.2) is 47.4 Å². The average molecular weight is 903 g/mol. The van der Waals surface area contributed by atoms with E-state index in [4.69, 9.17) is 4.74 Å². The van der Waals surface area contributed by atoms with Gasteiger partial charge < -0.3 is 20.3 Å². The summed E-state index contributed by atoms with van der Waals surface area (Å²) in [6.07, 6.45) is 64.8. The fourth-order valence-corrected chi connectivity index (χ4v) is 8.81. The van der Waals surface area contributed by atoms with Gasteiger partial charge in [0, 0.05) is 12.8 Å². The molecule has 6 heteroatoms. The second-order valence-corrected chi connectivity index (χ2v) is 19.6. The number of unbranched alkanes of at least 4 members (excludes halogenated alkanes) is 40. The van der Waals surface area contributed by atoms with Gasteiger partial charge in [-0.2, -0.15) is 0 Å². The van der Waals surface area contributed by atoms with Gasteiger partial charge in [0.2, 0.25) is 5.91 Å². The number of ether oxygens (including phenoxy) is 1. The quantitative estimate of drug-likeness (QED) is 0.0321. The third-order valence-electron chi connectivity index (χ3n) is 13.2. The van der Waals surface area contributed by atoms with Crippen molar-refractivity contribution in [1.29, 1.82) is 0 Å². The zero-order valence-electron chi connectivity index (χ0n) is 43.0. The Bertz CT molecular complexity index is 997. The topological polar surface area (TPSA) is 95.9 Å². The lowest BCUT2D eigenvalue weighted by atomic mass is 10.0. The van der Waals surface area contributed by atoms with Crippen LogP contribution >= 0.6 is 0 Å². The molecule has 2 unspecified atom stereocenters. The summed E-state index contributed by atoms with van der Waals surface area (Å²) in [5, 5.41) is 23.1. The maximum absolute atomic E-state index is 12.5. The molecule has 0 aliphatic heterocycles. The van der Waals surface area contributed by atoms with Crippen molar-refractivity contribution in [2.45, 2.75) is 321 Å². The van der Waals surface area contributed by atoms with Gasteiger partial charge in [0.25, 0.3) is 0 Å². The first-order valence-electron chi connectivity index (χ1n) is 28.6. The number of allylic oxidation sites excluding steroid dienone is 3. The minimum Gasteiger partial charge on any atom is -0.466 e. The predicted octanol–water partition coefficient (Wildman–Crippen LogP) is 17.5. The number of esters is 1. The Hall–Kier alpha value is -1.66. The number of nitrogens with one attached hydrogen (secondary N) is 1. The third kappa shape index (κ3) is 49.8. The van der Waals surface area contributed by atoms with Gasteiger partial charge in [-0.3, -0.25) is 9.59 Å². The van der Waals surface area contributed by atoms with Crippen LogP contribution in [0.15, 0.2) is 24.3 Å². The van der Waals surface area contributed by atoms with Crippen molar-refractivity contribution in [2.24, 2.45) is 0 Å². The van der Waals surface area contributed by atoms with Gasteiger partial charge in [0.15, 0.2) is 0 Å². The minimum absolute atomic E-state index is 0.0217. The fraction of sp³-hybridized carbons (Fsp3) is 0.897. The summed E-state index contributed by atoms with van der Waals surface area (Å²) in [4.78, 5) is 24.5. The Balaban J connectivity index is 3.53. The maximum atomic E-state index is 12.5. The second-order valence-electron chi connectivity index (χ2n) is 19.6. The van der Waals surface area contributed by atoms with Gasteiger partial charge in [0.05, 0.1) is 25.4 Å². The molecule has 0 saturated heterocycles. The Morgan fingerprint density at radius 2 is 0.734 bits per heavy atom. The highest BCUT2D eigenvalue weighted by atomic mass is 16.5. The van der Waals surface area contributed by atoms with Crippen LogP contribution < -0.4 is 5.32 Å². The van der Waals surface area contributed by atoms with Crippen LogP contribution in [0.1, 0.15) is 309 Å². The smallest absolute Gasteiger partial charge is 0.305 e. The van der Waals surface area contributed by atoms with Gasteiger partial charge in [-0.15, -0.1) is 0 Å². The van der Waals surface area contributed by atoms with Gasteiger partial charge in [-0.1, -0.05) is 256 Å². The number of carbonyl (C=O) groups is 2. The van der Waals surface area contributed by atoms with E-state index in [9.17, 15) is 19.8 Å². The predicted molar refractivity (Wildman–Crippen MR) is 278 cm³/mol. The summed E-state index contributed by atoms with van der Waals surface area (Å²) < 4.78 is 5.45. The molecular formula is C58H111NO5. The molecule has 378 valence electrons. The summed E-state index contributed by atoms with van der Waals surface area (Å²) in [5.74, 6) is -0.113. The zero-order chi connectivity index (χ0) is 46.5. The van der Waals surface area contributed by atoms with Crippen molar-refractivity contribution in [1.82, 2.24) is 5.32 Å². The van der Waals surface area contributed by atoms with Crippen molar-refractivity contribution >= 4 is 11.9 Å². The standard InChI is InChI=1S/C58H111NO5/c1-3-5-7-9-11-13-15-17-19-20-21-22-23-24-25-26-30-34-38-42-46-50-56(61)55(54-60)59-57(62)51-47-43-39-35-31-28-29-33-37-41-45-49-53-64-58(63)52-48-44-40-36-32-27-18-16-14-12-10-8-6-4-2/h29,33,46,50,55-56,60-61H,3-28,30-32,34-45,47-49,51-54H2,1-2H3,(H,59,62)/b33-29-,50-46+. The van der Waals surface area contributed by atoms with Crippen molar-refractivity contribution in [3.05, 3.63) is 24.3 Å². The van der Waals surface area contributed by atoms with E-state index in [0.29, 0.717) is 19.4 Å². The van der Waals surface area contributed by atoms with E-state index in [2.05, 4.69) is 31.3 Å².